The number of ether oxygens (including phenoxy) is 2. The quantitative estimate of drug-likeness (QED) is 0.782. The zero-order valence-electron chi connectivity index (χ0n) is 14.9. The van der Waals surface area contributed by atoms with Gasteiger partial charge in [-0.2, -0.15) is 0 Å². The predicted octanol–water partition coefficient (Wildman–Crippen LogP) is 1.74. The number of benzene rings is 1. The van der Waals surface area contributed by atoms with E-state index in [0.717, 1.165) is 0 Å². The van der Waals surface area contributed by atoms with E-state index in [9.17, 15) is 14.7 Å². The van der Waals surface area contributed by atoms with E-state index in [4.69, 9.17) is 13.9 Å². The van der Waals surface area contributed by atoms with E-state index in [1.807, 2.05) is 0 Å². The van der Waals surface area contributed by atoms with Crippen molar-refractivity contribution in [1.82, 2.24) is 9.88 Å². The van der Waals surface area contributed by atoms with Gasteiger partial charge in [0.2, 0.25) is 5.89 Å². The standard InChI is InChI=1S/C18H21N3O6/c1-2-26-17(23)15-11-27-16(20-15)12-3-5-13(6-4-12)19-18(24)21-7-8-25-10-14(22)9-21/h3-6,11,14,22H,2,7-10H2,1H3,(H,19,24)/t14-/m0/s1. The molecule has 144 valence electrons. The number of urea groups is 1. The van der Waals surface area contributed by atoms with Crippen molar-refractivity contribution in [2.24, 2.45) is 0 Å². The first-order valence-corrected chi connectivity index (χ1v) is 8.61. The Morgan fingerprint density at radius 2 is 2.15 bits per heavy atom. The van der Waals surface area contributed by atoms with E-state index in [1.54, 1.807) is 31.2 Å². The summed E-state index contributed by atoms with van der Waals surface area (Å²) >= 11 is 0. The highest BCUT2D eigenvalue weighted by atomic mass is 16.5. The van der Waals surface area contributed by atoms with Gasteiger partial charge in [-0.15, -0.1) is 0 Å². The van der Waals surface area contributed by atoms with Crippen molar-refractivity contribution in [2.45, 2.75) is 13.0 Å². The number of carbonyl (C=O) groups is 2. The number of aromatic nitrogens is 1. The molecule has 0 saturated carbocycles. The molecule has 1 atom stereocenters. The molecule has 1 fully saturated rings. The van der Waals surface area contributed by atoms with E-state index >= 15 is 0 Å². The molecule has 1 aliphatic heterocycles. The lowest BCUT2D eigenvalue weighted by molar-refractivity contribution is 0.0519. The first-order valence-electron chi connectivity index (χ1n) is 8.61. The Hall–Kier alpha value is -2.91. The maximum Gasteiger partial charge on any atom is 0.360 e. The van der Waals surface area contributed by atoms with E-state index in [1.165, 1.54) is 11.2 Å². The van der Waals surface area contributed by atoms with Crippen molar-refractivity contribution >= 4 is 17.7 Å². The molecule has 0 spiro atoms. The normalized spacial score (nSPS) is 17.3. The molecule has 0 radical (unpaired) electrons. The fourth-order valence-corrected chi connectivity index (χ4v) is 2.58. The topological polar surface area (TPSA) is 114 Å². The molecule has 1 aromatic heterocycles. The monoisotopic (exact) mass is 375 g/mol. The van der Waals surface area contributed by atoms with E-state index in [-0.39, 0.29) is 37.4 Å². The fraction of sp³-hybridized carbons (Fsp3) is 0.389. The molecule has 2 amide bonds. The predicted molar refractivity (Wildman–Crippen MR) is 95.3 cm³/mol. The number of anilines is 1. The molecular formula is C18H21N3O6. The maximum atomic E-state index is 12.3. The van der Waals surface area contributed by atoms with Gasteiger partial charge >= 0.3 is 12.0 Å². The van der Waals surface area contributed by atoms with Gasteiger partial charge < -0.3 is 29.2 Å². The van der Waals surface area contributed by atoms with E-state index in [0.29, 0.717) is 24.4 Å². The number of β-amino-alcohol motifs (C(OH)–C–C–N with tert-alkyl or cyclic N) is 1. The summed E-state index contributed by atoms with van der Waals surface area (Å²) in [4.78, 5) is 29.6. The summed E-state index contributed by atoms with van der Waals surface area (Å²) in [5.41, 5.74) is 1.34. The number of nitrogens with zero attached hydrogens (tertiary/aromatic N) is 2. The average Bonchev–Trinajstić information content (AvgIpc) is 3.05. The second kappa shape index (κ2) is 8.65. The minimum absolute atomic E-state index is 0.103. The summed E-state index contributed by atoms with van der Waals surface area (Å²) in [5, 5.41) is 12.5. The van der Waals surface area contributed by atoms with Gasteiger partial charge in [0.15, 0.2) is 5.69 Å². The van der Waals surface area contributed by atoms with Crippen molar-refractivity contribution in [3.8, 4) is 11.5 Å². The van der Waals surface area contributed by atoms with Gasteiger partial charge in [-0.3, -0.25) is 0 Å². The van der Waals surface area contributed by atoms with Crippen LogP contribution in [0, 0.1) is 0 Å². The molecule has 27 heavy (non-hydrogen) atoms. The van der Waals surface area contributed by atoms with Crippen LogP contribution in [0.15, 0.2) is 34.9 Å². The van der Waals surface area contributed by atoms with Crippen LogP contribution in [-0.4, -0.2) is 66.0 Å². The van der Waals surface area contributed by atoms with Crippen LogP contribution in [0.2, 0.25) is 0 Å². The van der Waals surface area contributed by atoms with Crippen LogP contribution in [0.4, 0.5) is 10.5 Å². The van der Waals surface area contributed by atoms with Crippen molar-refractivity contribution in [1.29, 1.82) is 0 Å². The lowest BCUT2D eigenvalue weighted by Gasteiger charge is -2.21. The van der Waals surface area contributed by atoms with Crippen LogP contribution < -0.4 is 5.32 Å². The zero-order valence-corrected chi connectivity index (χ0v) is 14.9. The minimum atomic E-state index is -0.695. The second-order valence-electron chi connectivity index (χ2n) is 5.94. The molecule has 0 bridgehead atoms. The van der Waals surface area contributed by atoms with E-state index < -0.39 is 12.1 Å². The minimum Gasteiger partial charge on any atom is -0.461 e. The Labute approximate surface area is 155 Å². The van der Waals surface area contributed by atoms with Gasteiger partial charge in [-0.25, -0.2) is 14.6 Å². The number of hydrogen-bond donors (Lipinski definition) is 2. The van der Waals surface area contributed by atoms with Crippen LogP contribution in [0.25, 0.3) is 11.5 Å². The number of aliphatic hydroxyl groups is 1. The summed E-state index contributed by atoms with van der Waals surface area (Å²) in [5.74, 6) is -0.260. The third kappa shape index (κ3) is 4.83. The highest BCUT2D eigenvalue weighted by molar-refractivity contribution is 5.90. The second-order valence-corrected chi connectivity index (χ2v) is 5.94. The summed E-state index contributed by atoms with van der Waals surface area (Å²) in [7, 11) is 0. The molecule has 0 aliphatic carbocycles. The highest BCUT2D eigenvalue weighted by Gasteiger charge is 2.21. The molecular weight excluding hydrogens is 354 g/mol. The van der Waals surface area contributed by atoms with Gasteiger partial charge in [-0.1, -0.05) is 0 Å². The van der Waals surface area contributed by atoms with Gasteiger partial charge in [0, 0.05) is 17.8 Å². The Morgan fingerprint density at radius 1 is 1.37 bits per heavy atom. The maximum absolute atomic E-state index is 12.3. The van der Waals surface area contributed by atoms with Crippen molar-refractivity contribution in [3.63, 3.8) is 0 Å². The van der Waals surface area contributed by atoms with Crippen LogP contribution in [0.5, 0.6) is 0 Å². The Bertz CT molecular complexity index is 789. The number of nitrogens with one attached hydrogen (secondary N) is 1. The molecule has 1 aliphatic rings. The smallest absolute Gasteiger partial charge is 0.360 e. The number of hydrogen-bond acceptors (Lipinski definition) is 7. The Kier molecular flexibility index (Phi) is 6.05. The summed E-state index contributed by atoms with van der Waals surface area (Å²) < 4.78 is 15.4. The SMILES string of the molecule is CCOC(=O)c1coc(-c2ccc(NC(=O)N3CCOC[C@@H](O)C3)cc2)n1. The van der Waals surface area contributed by atoms with E-state index in [2.05, 4.69) is 10.3 Å². The fourth-order valence-electron chi connectivity index (χ4n) is 2.58. The van der Waals surface area contributed by atoms with Crippen LogP contribution in [-0.2, 0) is 9.47 Å². The zero-order chi connectivity index (χ0) is 19.2. The first-order chi connectivity index (χ1) is 13.1. The number of carbonyl (C=O) groups excluding carboxylic acids is 2. The number of rotatable bonds is 4. The third-order valence-electron chi connectivity index (χ3n) is 3.91. The van der Waals surface area contributed by atoms with Gasteiger partial charge in [-0.05, 0) is 31.2 Å². The van der Waals surface area contributed by atoms with Crippen LogP contribution in [0.3, 0.4) is 0 Å². The number of esters is 1. The first kappa shape index (κ1) is 18.9. The van der Waals surface area contributed by atoms with Crippen LogP contribution >= 0.6 is 0 Å². The summed E-state index contributed by atoms with van der Waals surface area (Å²) in [6, 6.07) is 6.53. The Balaban J connectivity index is 1.63. The van der Waals surface area contributed by atoms with Gasteiger partial charge in [0.05, 0.1) is 32.5 Å². The lowest BCUT2D eigenvalue weighted by atomic mass is 10.2. The largest absolute Gasteiger partial charge is 0.461 e. The molecule has 0 unspecified atom stereocenters. The summed E-state index contributed by atoms with van der Waals surface area (Å²) in [6.07, 6.45) is 0.551. The van der Waals surface area contributed by atoms with Gasteiger partial charge in [0.25, 0.3) is 0 Å². The lowest BCUT2D eigenvalue weighted by Crippen LogP contribution is -2.40. The summed E-state index contributed by atoms with van der Waals surface area (Å²) in [6.45, 7) is 3.21. The molecule has 9 heteroatoms. The average molecular weight is 375 g/mol. The molecule has 2 N–H and O–H groups in total. The van der Waals surface area contributed by atoms with Crippen molar-refractivity contribution < 1.29 is 28.6 Å². The number of aliphatic hydroxyl groups excluding tert-OH is 1. The van der Waals surface area contributed by atoms with Crippen molar-refractivity contribution in [2.75, 3.05) is 38.2 Å². The molecule has 3 rings (SSSR count). The number of amides is 2. The number of oxazole rings is 1. The van der Waals surface area contributed by atoms with Crippen molar-refractivity contribution in [3.05, 3.63) is 36.2 Å². The Morgan fingerprint density at radius 3 is 2.89 bits per heavy atom. The highest BCUT2D eigenvalue weighted by Crippen LogP contribution is 2.21. The van der Waals surface area contributed by atoms with Gasteiger partial charge in [0.1, 0.15) is 6.26 Å². The third-order valence-corrected chi connectivity index (χ3v) is 3.91. The molecule has 9 nitrogen and oxygen atoms in total. The molecule has 1 saturated heterocycles. The molecule has 2 heterocycles. The molecule has 2 aromatic rings. The van der Waals surface area contributed by atoms with Crippen LogP contribution in [0.1, 0.15) is 17.4 Å². The molecule has 1 aromatic carbocycles.